The molecule has 68 heavy (non-hydrogen) atoms. The minimum absolute atomic E-state index is 0.142. The molecule has 2 amide bonds. The Morgan fingerprint density at radius 1 is 0.662 bits per heavy atom. The number of fused-ring (bicyclic) bond motifs is 2. The van der Waals surface area contributed by atoms with Crippen LogP contribution < -0.4 is 43.0 Å². The molecule has 0 spiro atoms. The van der Waals surface area contributed by atoms with Gasteiger partial charge in [0.25, 0.3) is 34.8 Å². The number of alkyl halides is 4. The van der Waals surface area contributed by atoms with E-state index in [1.165, 1.54) is 55.1 Å². The van der Waals surface area contributed by atoms with E-state index in [1.807, 2.05) is 0 Å². The Morgan fingerprint density at radius 3 is 1.40 bits per heavy atom. The summed E-state index contributed by atoms with van der Waals surface area (Å²) in [5, 5.41) is 45.5. The van der Waals surface area contributed by atoms with Crippen LogP contribution in [0.15, 0.2) is 70.8 Å². The predicted octanol–water partition coefficient (Wildman–Crippen LogP) is 2.27. The summed E-state index contributed by atoms with van der Waals surface area (Å²) in [4.78, 5) is 60.3. The quantitative estimate of drug-likeness (QED) is 0.0818. The molecule has 8 heterocycles. The summed E-state index contributed by atoms with van der Waals surface area (Å²) in [6.07, 6.45) is 2.58. The third kappa shape index (κ3) is 9.13. The average molecular weight is 951 g/mol. The fourth-order valence-corrected chi connectivity index (χ4v) is 8.30. The minimum Gasteiger partial charge on any atom is -0.388 e. The molecule has 6 aromatic rings. The predicted molar refractivity (Wildman–Crippen MR) is 236 cm³/mol. The zero-order chi connectivity index (χ0) is 48.1. The second kappa shape index (κ2) is 18.1. The zero-order valence-electron chi connectivity index (χ0n) is 36.3. The van der Waals surface area contributed by atoms with Gasteiger partial charge in [-0.05, 0) is 24.3 Å². The number of anilines is 6. The number of aliphatic hydroxyl groups excluding tert-OH is 2. The largest absolute Gasteiger partial charge is 0.388 e. The van der Waals surface area contributed by atoms with Crippen LogP contribution in [-0.4, -0.2) is 137 Å². The molecule has 0 bridgehead atoms. The third-order valence-corrected chi connectivity index (χ3v) is 12.1. The number of nitrogens with zero attached hydrogens (tertiary/aromatic N) is 8. The van der Waals surface area contributed by atoms with Crippen LogP contribution >= 0.6 is 0 Å². The number of aromatic nitrogens is 8. The Bertz CT molecular complexity index is 2800. The van der Waals surface area contributed by atoms with Gasteiger partial charge in [0.05, 0.1) is 63.1 Å². The van der Waals surface area contributed by atoms with Crippen LogP contribution in [0, 0.1) is 0 Å². The molecule has 0 radical (unpaired) electrons. The summed E-state index contributed by atoms with van der Waals surface area (Å²) in [6, 6.07) is 7.26. The molecule has 26 heteroatoms. The van der Waals surface area contributed by atoms with E-state index in [1.54, 1.807) is 38.4 Å². The van der Waals surface area contributed by atoms with E-state index in [-0.39, 0.29) is 97.5 Å². The van der Waals surface area contributed by atoms with Crippen molar-refractivity contribution in [3.63, 3.8) is 0 Å². The molecule has 0 aromatic carbocycles. The topological polar surface area (TPSA) is 270 Å². The molecule has 4 aliphatic rings. The van der Waals surface area contributed by atoms with Crippen molar-refractivity contribution < 1.29 is 46.8 Å². The summed E-state index contributed by atoms with van der Waals surface area (Å²) in [7, 11) is 3.33. The molecule has 360 valence electrons. The number of aliphatic hydroxyl groups is 2. The molecule has 10 rings (SSSR count). The first-order chi connectivity index (χ1) is 32.5. The van der Waals surface area contributed by atoms with E-state index in [0.717, 1.165) is 0 Å². The number of amides is 2. The lowest BCUT2D eigenvalue weighted by atomic mass is 9.88. The highest BCUT2D eigenvalue weighted by Crippen LogP contribution is 2.45. The number of halogens is 4. The van der Waals surface area contributed by atoms with Gasteiger partial charge in [-0.1, -0.05) is 0 Å². The van der Waals surface area contributed by atoms with Gasteiger partial charge >= 0.3 is 0 Å². The maximum atomic E-state index is 13.3. The molecule has 2 saturated carbocycles. The van der Waals surface area contributed by atoms with Crippen LogP contribution in [0.1, 0.15) is 58.5 Å². The van der Waals surface area contributed by atoms with Gasteiger partial charge in [0.1, 0.15) is 45.8 Å². The van der Waals surface area contributed by atoms with Gasteiger partial charge in [-0.3, -0.25) is 19.2 Å². The summed E-state index contributed by atoms with van der Waals surface area (Å²) >= 11 is 0. The van der Waals surface area contributed by atoms with Crippen LogP contribution in [0.4, 0.5) is 52.2 Å². The fourth-order valence-electron chi connectivity index (χ4n) is 8.30. The van der Waals surface area contributed by atoms with Gasteiger partial charge in [0.2, 0.25) is 0 Å². The first-order valence-corrected chi connectivity index (χ1v) is 21.5. The standard InChI is InChI=1S/2C21H23F2N7O4/c2*1-24-17-5-16(26-13-3-2-4-29(20(13)33)11-6-21(22,23)7-11)28-18-12(8-25-30(17)18)19(32)27-14-9-34-10-15(14)31/h2*2-5,8,11,14-15,24,31H,6-7,9-10H2,1H3,(H,26,28)(H,27,32)/t2*14-,15+/m10/s1. The molecule has 6 aromatic heterocycles. The van der Waals surface area contributed by atoms with Gasteiger partial charge in [-0.2, -0.15) is 19.2 Å². The van der Waals surface area contributed by atoms with Gasteiger partial charge < -0.3 is 60.7 Å². The highest BCUT2D eigenvalue weighted by molar-refractivity contribution is 6.01. The van der Waals surface area contributed by atoms with E-state index >= 15 is 0 Å². The molecule has 8 N–H and O–H groups in total. The first kappa shape index (κ1) is 46.0. The number of nitrogens with one attached hydrogen (secondary N) is 6. The van der Waals surface area contributed by atoms with Crippen LogP contribution in [0.2, 0.25) is 0 Å². The van der Waals surface area contributed by atoms with Gasteiger partial charge in [-0.25, -0.2) is 27.5 Å². The van der Waals surface area contributed by atoms with Crippen molar-refractivity contribution in [2.45, 2.75) is 73.9 Å². The van der Waals surface area contributed by atoms with E-state index in [2.05, 4.69) is 52.1 Å². The van der Waals surface area contributed by atoms with E-state index < -0.39 is 71.2 Å². The van der Waals surface area contributed by atoms with E-state index in [9.17, 15) is 47.0 Å². The zero-order valence-corrected chi connectivity index (χ0v) is 36.3. The SMILES string of the molecule is CNc1cc(Nc2cccn(C3CC(F)(F)C3)c2=O)nc2c(C(=O)N[C@@H]3COC[C@@H]3O)cnn12.CNc1cc(Nc2cccn(C3CC(F)(F)C3)c2=O)nc2c(C(=O)N[C@H]3COC[C@H]3O)cnn12. The van der Waals surface area contributed by atoms with Crippen LogP contribution in [-0.2, 0) is 9.47 Å². The maximum Gasteiger partial charge on any atom is 0.274 e. The monoisotopic (exact) mass is 950 g/mol. The minimum atomic E-state index is -2.75. The Kier molecular flexibility index (Phi) is 12.3. The third-order valence-electron chi connectivity index (χ3n) is 12.1. The van der Waals surface area contributed by atoms with Crippen molar-refractivity contribution in [3.8, 4) is 0 Å². The van der Waals surface area contributed by atoms with Crippen molar-refractivity contribution in [2.24, 2.45) is 0 Å². The summed E-state index contributed by atoms with van der Waals surface area (Å²) in [5.74, 6) is -4.97. The highest BCUT2D eigenvalue weighted by atomic mass is 19.3. The molecule has 4 atom stereocenters. The van der Waals surface area contributed by atoms with Crippen molar-refractivity contribution >= 4 is 57.8 Å². The molecule has 2 aliphatic heterocycles. The lowest BCUT2D eigenvalue weighted by Crippen LogP contribution is -2.42. The Labute approximate surface area is 381 Å². The van der Waals surface area contributed by atoms with Crippen LogP contribution in [0.3, 0.4) is 0 Å². The lowest BCUT2D eigenvalue weighted by molar-refractivity contribution is -0.105. The number of ether oxygens (including phenoxy) is 2. The average Bonchev–Trinajstić information content (AvgIpc) is 4.11. The second-order valence-corrected chi connectivity index (χ2v) is 16.9. The Balaban J connectivity index is 0.000000170. The number of carbonyl (C=O) groups excluding carboxylic acids is 2. The fraction of sp³-hybridized carbons (Fsp3) is 0.429. The van der Waals surface area contributed by atoms with Gasteiger partial charge in [0, 0.05) is 76.4 Å². The maximum absolute atomic E-state index is 13.3. The Morgan fingerprint density at radius 2 is 1.06 bits per heavy atom. The van der Waals surface area contributed by atoms with Crippen molar-refractivity contribution in [3.05, 3.63) is 93.0 Å². The van der Waals surface area contributed by atoms with E-state index in [0.29, 0.717) is 11.6 Å². The Hall–Kier alpha value is -7.16. The molecule has 4 fully saturated rings. The summed E-state index contributed by atoms with van der Waals surface area (Å²) in [5.41, 5.74) is 0.199. The molecular weight excluding hydrogens is 905 g/mol. The lowest BCUT2D eigenvalue weighted by Gasteiger charge is -2.36. The number of carbonyl (C=O) groups is 2. The molecule has 0 unspecified atom stereocenters. The summed E-state index contributed by atoms with van der Waals surface area (Å²) < 4.78 is 69.0. The summed E-state index contributed by atoms with van der Waals surface area (Å²) in [6.45, 7) is 0.675. The number of hydrogen-bond acceptors (Lipinski definition) is 16. The van der Waals surface area contributed by atoms with Gasteiger partial charge in [-0.15, -0.1) is 0 Å². The molecule has 2 aliphatic carbocycles. The second-order valence-electron chi connectivity index (χ2n) is 16.9. The van der Waals surface area contributed by atoms with Gasteiger partial charge in [0.15, 0.2) is 11.3 Å². The number of rotatable bonds is 12. The normalized spacial score (nSPS) is 21.9. The highest BCUT2D eigenvalue weighted by Gasteiger charge is 2.47. The van der Waals surface area contributed by atoms with E-state index in [4.69, 9.17) is 9.47 Å². The number of hydrogen-bond donors (Lipinski definition) is 8. The van der Waals surface area contributed by atoms with Crippen LogP contribution in [0.25, 0.3) is 11.3 Å². The first-order valence-electron chi connectivity index (χ1n) is 21.5. The van der Waals surface area contributed by atoms with Crippen LogP contribution in [0.5, 0.6) is 0 Å². The smallest absolute Gasteiger partial charge is 0.274 e. The molecule has 2 saturated heterocycles. The van der Waals surface area contributed by atoms with Crippen molar-refractivity contribution in [2.75, 3.05) is 61.8 Å². The molecular formula is C42H46F4N14O8. The van der Waals surface area contributed by atoms with Crippen molar-refractivity contribution in [1.29, 1.82) is 0 Å². The van der Waals surface area contributed by atoms with Crippen molar-refractivity contribution in [1.82, 2.24) is 49.0 Å². The number of pyridine rings is 2. The molecule has 22 nitrogen and oxygen atoms in total.